The first-order valence-electron chi connectivity index (χ1n) is 7.47. The predicted molar refractivity (Wildman–Crippen MR) is 89.4 cm³/mol. The Hall–Kier alpha value is -0.430. The lowest BCUT2D eigenvalue weighted by Crippen LogP contribution is -2.44. The maximum absolute atomic E-state index is 12.5. The highest BCUT2D eigenvalue weighted by atomic mass is 79.9. The van der Waals surface area contributed by atoms with Crippen molar-refractivity contribution >= 4 is 33.2 Å². The summed E-state index contributed by atoms with van der Waals surface area (Å²) < 4.78 is 1.10. The second-order valence-electron chi connectivity index (χ2n) is 5.54. The second kappa shape index (κ2) is 8.27. The number of piperidine rings is 1. The quantitative estimate of drug-likeness (QED) is 0.831. The van der Waals surface area contributed by atoms with Crippen molar-refractivity contribution in [2.45, 2.75) is 26.3 Å². The van der Waals surface area contributed by atoms with Crippen LogP contribution in [0.4, 0.5) is 0 Å². The Bertz CT molecular complexity index is 466. The largest absolute Gasteiger partial charge is 0.396 e. The van der Waals surface area contributed by atoms with Crippen LogP contribution in [0.15, 0.2) is 15.9 Å². The van der Waals surface area contributed by atoms with E-state index < -0.39 is 0 Å². The first-order chi connectivity index (χ1) is 10.1. The van der Waals surface area contributed by atoms with Crippen molar-refractivity contribution in [3.05, 3.63) is 20.8 Å². The number of carbonyl (C=O) groups is 1. The van der Waals surface area contributed by atoms with Crippen LogP contribution in [0.1, 0.15) is 24.6 Å². The van der Waals surface area contributed by atoms with Gasteiger partial charge in [0, 0.05) is 24.6 Å². The Balaban J connectivity index is 1.87. The van der Waals surface area contributed by atoms with E-state index in [1.165, 1.54) is 4.88 Å². The molecule has 118 valence electrons. The fourth-order valence-electron chi connectivity index (χ4n) is 2.74. The second-order valence-corrected chi connectivity index (χ2v) is 8.09. The third-order valence-electron chi connectivity index (χ3n) is 3.93. The minimum Gasteiger partial charge on any atom is -0.396 e. The van der Waals surface area contributed by atoms with Gasteiger partial charge in [-0.2, -0.15) is 0 Å². The van der Waals surface area contributed by atoms with Gasteiger partial charge in [0.2, 0.25) is 5.91 Å². The molecule has 1 saturated heterocycles. The Morgan fingerprint density at radius 3 is 3.00 bits per heavy atom. The number of likely N-dealkylation sites (tertiary alicyclic amines) is 1. The van der Waals surface area contributed by atoms with E-state index in [2.05, 4.69) is 26.9 Å². The number of hydrogen-bond donors (Lipinski definition) is 1. The summed E-state index contributed by atoms with van der Waals surface area (Å²) >= 11 is 5.13. The first-order valence-corrected chi connectivity index (χ1v) is 9.08. The molecule has 1 N–H and O–H groups in total. The van der Waals surface area contributed by atoms with Crippen LogP contribution in [-0.2, 0) is 11.3 Å². The van der Waals surface area contributed by atoms with E-state index in [1.807, 2.05) is 17.9 Å². The van der Waals surface area contributed by atoms with Crippen LogP contribution < -0.4 is 0 Å². The lowest BCUT2D eigenvalue weighted by atomic mass is 9.99. The van der Waals surface area contributed by atoms with E-state index in [-0.39, 0.29) is 12.5 Å². The third kappa shape index (κ3) is 5.06. The molecule has 0 saturated carbocycles. The average molecular weight is 375 g/mol. The van der Waals surface area contributed by atoms with Gasteiger partial charge in [-0.15, -0.1) is 11.3 Å². The smallest absolute Gasteiger partial charge is 0.237 e. The number of carbonyl (C=O) groups excluding carboxylic acids is 1. The average Bonchev–Trinajstić information content (AvgIpc) is 2.90. The van der Waals surface area contributed by atoms with E-state index in [0.29, 0.717) is 19.0 Å². The summed E-state index contributed by atoms with van der Waals surface area (Å²) in [6.07, 6.45) is 2.14. The fourth-order valence-corrected chi connectivity index (χ4v) is 4.24. The molecule has 4 nitrogen and oxygen atoms in total. The van der Waals surface area contributed by atoms with E-state index >= 15 is 0 Å². The topological polar surface area (TPSA) is 43.8 Å². The normalized spacial score (nSPS) is 19.7. The number of halogens is 1. The molecule has 1 aromatic heterocycles. The maximum Gasteiger partial charge on any atom is 0.237 e. The van der Waals surface area contributed by atoms with Gasteiger partial charge in [-0.1, -0.05) is 0 Å². The molecule has 2 heterocycles. The number of aliphatic hydroxyl groups excluding tert-OH is 1. The molecule has 21 heavy (non-hydrogen) atoms. The molecule has 1 aliphatic heterocycles. The summed E-state index contributed by atoms with van der Waals surface area (Å²) in [5.41, 5.74) is 0. The maximum atomic E-state index is 12.5. The minimum atomic E-state index is 0.181. The molecular weight excluding hydrogens is 352 g/mol. The van der Waals surface area contributed by atoms with Crippen LogP contribution >= 0.6 is 27.3 Å². The number of likely N-dealkylation sites (N-methyl/N-ethyl adjacent to an activating group) is 1. The lowest BCUT2D eigenvalue weighted by molar-refractivity contribution is -0.133. The van der Waals surface area contributed by atoms with Gasteiger partial charge in [-0.3, -0.25) is 9.69 Å². The highest BCUT2D eigenvalue weighted by Crippen LogP contribution is 2.23. The Morgan fingerprint density at radius 2 is 2.38 bits per heavy atom. The number of aliphatic hydroxyl groups is 1. The molecule has 1 fully saturated rings. The fraction of sp³-hybridized carbons (Fsp3) is 0.667. The van der Waals surface area contributed by atoms with Crippen molar-refractivity contribution in [2.24, 2.45) is 5.92 Å². The summed E-state index contributed by atoms with van der Waals surface area (Å²) in [5, 5.41) is 9.27. The SMILES string of the molecule is CCN(Cc1ccc(Br)s1)C(=O)CN1CCCC(CO)C1. The number of amides is 1. The van der Waals surface area contributed by atoms with Gasteiger partial charge in [-0.25, -0.2) is 0 Å². The molecule has 2 rings (SSSR count). The molecule has 0 aliphatic carbocycles. The standard InChI is InChI=1S/C15H23BrN2O2S/c1-2-18(9-13-5-6-14(16)21-13)15(20)10-17-7-3-4-12(8-17)11-19/h5-6,12,19H,2-4,7-11H2,1H3. The monoisotopic (exact) mass is 374 g/mol. The lowest BCUT2D eigenvalue weighted by Gasteiger charge is -2.32. The number of thiophene rings is 1. The van der Waals surface area contributed by atoms with Crippen molar-refractivity contribution < 1.29 is 9.90 Å². The van der Waals surface area contributed by atoms with Crippen molar-refractivity contribution in [2.75, 3.05) is 32.8 Å². The van der Waals surface area contributed by atoms with Crippen molar-refractivity contribution in [1.29, 1.82) is 0 Å². The molecule has 0 radical (unpaired) electrons. The number of rotatable bonds is 6. The highest BCUT2D eigenvalue weighted by Gasteiger charge is 2.23. The molecule has 0 spiro atoms. The Kier molecular flexibility index (Phi) is 6.67. The van der Waals surface area contributed by atoms with Crippen LogP contribution in [0.3, 0.4) is 0 Å². The van der Waals surface area contributed by atoms with Gasteiger partial charge in [0.15, 0.2) is 0 Å². The van der Waals surface area contributed by atoms with Gasteiger partial charge < -0.3 is 10.0 Å². The summed E-state index contributed by atoms with van der Waals surface area (Å²) in [4.78, 5) is 17.7. The first kappa shape index (κ1) is 16.9. The zero-order chi connectivity index (χ0) is 15.2. The molecule has 1 amide bonds. The van der Waals surface area contributed by atoms with Crippen molar-refractivity contribution in [1.82, 2.24) is 9.80 Å². The highest BCUT2D eigenvalue weighted by molar-refractivity contribution is 9.11. The Morgan fingerprint density at radius 1 is 1.57 bits per heavy atom. The van der Waals surface area contributed by atoms with E-state index in [4.69, 9.17) is 0 Å². The van der Waals surface area contributed by atoms with Gasteiger partial charge >= 0.3 is 0 Å². The van der Waals surface area contributed by atoms with Crippen molar-refractivity contribution in [3.8, 4) is 0 Å². The third-order valence-corrected chi connectivity index (χ3v) is 5.54. The summed E-state index contributed by atoms with van der Waals surface area (Å²) in [5.74, 6) is 0.510. The molecular formula is C15H23BrN2O2S. The molecule has 1 atom stereocenters. The molecule has 1 unspecified atom stereocenters. The van der Waals surface area contributed by atoms with Crippen LogP contribution in [0.5, 0.6) is 0 Å². The van der Waals surface area contributed by atoms with Gasteiger partial charge in [0.05, 0.1) is 16.9 Å². The Labute approximate surface area is 138 Å². The molecule has 1 aliphatic rings. The summed E-state index contributed by atoms with van der Waals surface area (Å²) in [6.45, 7) is 5.93. The minimum absolute atomic E-state index is 0.181. The predicted octanol–water partition coefficient (Wildman–Crippen LogP) is 2.56. The summed E-state index contributed by atoms with van der Waals surface area (Å²) in [7, 11) is 0. The number of hydrogen-bond acceptors (Lipinski definition) is 4. The van der Waals surface area contributed by atoms with Gasteiger partial charge in [0.1, 0.15) is 0 Å². The van der Waals surface area contributed by atoms with Gasteiger partial charge in [0.25, 0.3) is 0 Å². The van der Waals surface area contributed by atoms with E-state index in [0.717, 1.165) is 36.3 Å². The zero-order valence-corrected chi connectivity index (χ0v) is 14.8. The van der Waals surface area contributed by atoms with Gasteiger partial charge in [-0.05, 0) is 60.3 Å². The van der Waals surface area contributed by atoms with Crippen LogP contribution in [0, 0.1) is 5.92 Å². The summed E-state index contributed by atoms with van der Waals surface area (Å²) in [6, 6.07) is 4.09. The molecule has 0 bridgehead atoms. The van der Waals surface area contributed by atoms with E-state index in [1.54, 1.807) is 11.3 Å². The molecule has 1 aromatic rings. The molecule has 6 heteroatoms. The number of nitrogens with zero attached hydrogens (tertiary/aromatic N) is 2. The van der Waals surface area contributed by atoms with Crippen molar-refractivity contribution in [3.63, 3.8) is 0 Å². The zero-order valence-electron chi connectivity index (χ0n) is 12.4. The van der Waals surface area contributed by atoms with E-state index in [9.17, 15) is 9.90 Å². The van der Waals surface area contributed by atoms with Crippen LogP contribution in [0.25, 0.3) is 0 Å². The molecule has 0 aromatic carbocycles. The van der Waals surface area contributed by atoms with Crippen LogP contribution in [-0.4, -0.2) is 53.6 Å². The van der Waals surface area contributed by atoms with Crippen LogP contribution in [0.2, 0.25) is 0 Å².